The third-order valence-corrected chi connectivity index (χ3v) is 2.19. The first-order chi connectivity index (χ1) is 7.38. The minimum Gasteiger partial charge on any atom is -0.383 e. The largest absolute Gasteiger partial charge is 0.383 e. The Kier molecular flexibility index (Phi) is 5.81. The van der Waals surface area contributed by atoms with Crippen molar-refractivity contribution in [2.45, 2.75) is 0 Å². The highest BCUT2D eigenvalue weighted by molar-refractivity contribution is 5.45. The van der Waals surface area contributed by atoms with Crippen molar-refractivity contribution >= 4 is 5.69 Å². The molecule has 0 atom stereocenters. The second-order valence-corrected chi connectivity index (χ2v) is 3.23. The van der Waals surface area contributed by atoms with Gasteiger partial charge >= 0.3 is 0 Å². The van der Waals surface area contributed by atoms with E-state index >= 15 is 0 Å². The summed E-state index contributed by atoms with van der Waals surface area (Å²) < 4.78 is 10.2. The Morgan fingerprint density at radius 3 is 2.33 bits per heavy atom. The van der Waals surface area contributed by atoms with Gasteiger partial charge in [-0.25, -0.2) is 0 Å². The van der Waals surface area contributed by atoms with E-state index in [9.17, 15) is 0 Å². The van der Waals surface area contributed by atoms with Gasteiger partial charge in [0, 0.05) is 33.0 Å². The maximum absolute atomic E-state index is 5.08. The van der Waals surface area contributed by atoms with Gasteiger partial charge in [0.25, 0.3) is 0 Å². The summed E-state index contributed by atoms with van der Waals surface area (Å²) in [6.07, 6.45) is 0. The molecule has 0 aromatic heterocycles. The quantitative estimate of drug-likeness (QED) is 0.679. The first-order valence-corrected chi connectivity index (χ1v) is 5.07. The molecule has 0 amide bonds. The number of hydrogen-bond acceptors (Lipinski definition) is 3. The van der Waals surface area contributed by atoms with E-state index < -0.39 is 0 Å². The van der Waals surface area contributed by atoms with Crippen LogP contribution in [0.5, 0.6) is 0 Å². The Bertz CT molecular complexity index is 243. The lowest BCUT2D eigenvalue weighted by Gasteiger charge is -2.23. The van der Waals surface area contributed by atoms with Crippen LogP contribution < -0.4 is 4.90 Å². The molecule has 1 radical (unpaired) electrons. The van der Waals surface area contributed by atoms with Gasteiger partial charge in [-0.2, -0.15) is 0 Å². The number of ether oxygens (including phenoxy) is 2. The number of benzene rings is 1. The van der Waals surface area contributed by atoms with Gasteiger partial charge in [0.05, 0.1) is 13.2 Å². The maximum atomic E-state index is 5.08. The average Bonchev–Trinajstić information content (AvgIpc) is 2.30. The van der Waals surface area contributed by atoms with Crippen molar-refractivity contribution in [3.8, 4) is 0 Å². The van der Waals surface area contributed by atoms with Gasteiger partial charge in [-0.3, -0.25) is 0 Å². The molecule has 0 fully saturated rings. The third-order valence-electron chi connectivity index (χ3n) is 2.19. The molecule has 0 saturated carbocycles. The minimum absolute atomic E-state index is 0.721. The van der Waals surface area contributed by atoms with Crippen molar-refractivity contribution in [3.63, 3.8) is 0 Å². The highest BCUT2D eigenvalue weighted by Crippen LogP contribution is 2.11. The topological polar surface area (TPSA) is 21.7 Å². The van der Waals surface area contributed by atoms with Gasteiger partial charge in [0.2, 0.25) is 0 Å². The van der Waals surface area contributed by atoms with Gasteiger partial charge in [-0.1, -0.05) is 12.1 Å². The standard InChI is InChI=1S/C12H18NO2/c1-14-10-8-13(9-11-15-2)12-6-4-3-5-7-12/h3-4,6-7H,8-11H2,1-2H3. The highest BCUT2D eigenvalue weighted by Gasteiger charge is 2.04. The summed E-state index contributed by atoms with van der Waals surface area (Å²) in [7, 11) is 3.43. The number of methoxy groups -OCH3 is 2. The highest BCUT2D eigenvalue weighted by atomic mass is 16.5. The van der Waals surface area contributed by atoms with Gasteiger partial charge in [-0.15, -0.1) is 0 Å². The molecule has 0 aliphatic carbocycles. The zero-order chi connectivity index (χ0) is 10.9. The molecule has 1 aromatic rings. The number of nitrogens with zero attached hydrogens (tertiary/aromatic N) is 1. The van der Waals surface area contributed by atoms with Crippen molar-refractivity contribution in [1.29, 1.82) is 0 Å². The Balaban J connectivity index is 2.55. The predicted molar refractivity (Wildman–Crippen MR) is 61.2 cm³/mol. The third kappa shape index (κ3) is 4.32. The summed E-state index contributed by atoms with van der Waals surface area (Å²) in [5.41, 5.74) is 1.16. The predicted octanol–water partition coefficient (Wildman–Crippen LogP) is 1.59. The molecular formula is C12H18NO2. The van der Waals surface area contributed by atoms with E-state index in [1.807, 2.05) is 18.2 Å². The first kappa shape index (κ1) is 12.0. The Hall–Kier alpha value is -1.06. The molecule has 1 aromatic carbocycles. The minimum atomic E-state index is 0.721. The molecule has 0 aliphatic rings. The summed E-state index contributed by atoms with van der Waals surface area (Å²) in [5, 5.41) is 0. The molecule has 0 saturated heterocycles. The number of anilines is 1. The van der Waals surface area contributed by atoms with Crippen LogP contribution in [-0.4, -0.2) is 40.5 Å². The summed E-state index contributed by atoms with van der Waals surface area (Å²) in [6, 6.07) is 11.0. The monoisotopic (exact) mass is 208 g/mol. The average molecular weight is 208 g/mol. The normalized spacial score (nSPS) is 10.3. The maximum Gasteiger partial charge on any atom is 0.0637 e. The molecule has 1 rings (SSSR count). The molecule has 3 heteroatoms. The van der Waals surface area contributed by atoms with Crippen LogP contribution in [-0.2, 0) is 9.47 Å². The lowest BCUT2D eigenvalue weighted by atomic mass is 10.3. The van der Waals surface area contributed by atoms with Crippen molar-refractivity contribution < 1.29 is 9.47 Å². The summed E-state index contributed by atoms with van der Waals surface area (Å²) in [4.78, 5) is 2.23. The fourth-order valence-electron chi connectivity index (χ4n) is 1.35. The van der Waals surface area contributed by atoms with E-state index in [4.69, 9.17) is 9.47 Å². The van der Waals surface area contributed by atoms with E-state index in [2.05, 4.69) is 17.0 Å². The molecular weight excluding hydrogens is 190 g/mol. The molecule has 0 bridgehead atoms. The van der Waals surface area contributed by atoms with Crippen molar-refractivity contribution in [2.24, 2.45) is 0 Å². The molecule has 0 aliphatic heterocycles. The number of hydrogen-bond donors (Lipinski definition) is 0. The van der Waals surface area contributed by atoms with E-state index in [1.165, 1.54) is 0 Å². The molecule has 83 valence electrons. The Morgan fingerprint density at radius 1 is 1.20 bits per heavy atom. The van der Waals surface area contributed by atoms with Gasteiger partial charge < -0.3 is 14.4 Å². The van der Waals surface area contributed by atoms with Crippen molar-refractivity contribution in [2.75, 3.05) is 45.4 Å². The zero-order valence-corrected chi connectivity index (χ0v) is 9.40. The molecule has 0 N–H and O–H groups in total. The van der Waals surface area contributed by atoms with Crippen molar-refractivity contribution in [1.82, 2.24) is 0 Å². The Labute approximate surface area is 91.6 Å². The van der Waals surface area contributed by atoms with E-state index in [1.54, 1.807) is 14.2 Å². The SMILES string of the molecule is COCCN(CCOC)c1c[c]ccc1. The van der Waals surface area contributed by atoms with Crippen molar-refractivity contribution in [3.05, 3.63) is 30.3 Å². The van der Waals surface area contributed by atoms with Gasteiger partial charge in [0.15, 0.2) is 0 Å². The lowest BCUT2D eigenvalue weighted by molar-refractivity contribution is 0.190. The summed E-state index contributed by atoms with van der Waals surface area (Å²) in [6.45, 7) is 3.19. The molecule has 0 spiro atoms. The van der Waals surface area contributed by atoms with Gasteiger partial charge in [-0.05, 0) is 18.2 Å². The fourth-order valence-corrected chi connectivity index (χ4v) is 1.35. The van der Waals surface area contributed by atoms with Crippen LogP contribution in [0, 0.1) is 6.07 Å². The second kappa shape index (κ2) is 7.26. The van der Waals surface area contributed by atoms with Crippen LogP contribution >= 0.6 is 0 Å². The van der Waals surface area contributed by atoms with Crippen LogP contribution in [0.2, 0.25) is 0 Å². The summed E-state index contributed by atoms with van der Waals surface area (Å²) in [5.74, 6) is 0. The van der Waals surface area contributed by atoms with Crippen LogP contribution in [0.1, 0.15) is 0 Å². The molecule has 3 nitrogen and oxygen atoms in total. The summed E-state index contributed by atoms with van der Waals surface area (Å²) >= 11 is 0. The van der Waals surface area contributed by atoms with Crippen LogP contribution in [0.25, 0.3) is 0 Å². The molecule has 15 heavy (non-hydrogen) atoms. The zero-order valence-electron chi connectivity index (χ0n) is 9.40. The van der Waals surface area contributed by atoms with Crippen LogP contribution in [0.4, 0.5) is 5.69 Å². The second-order valence-electron chi connectivity index (χ2n) is 3.23. The lowest BCUT2D eigenvalue weighted by Crippen LogP contribution is -2.30. The fraction of sp³-hybridized carbons (Fsp3) is 0.500. The Morgan fingerprint density at radius 2 is 1.87 bits per heavy atom. The van der Waals surface area contributed by atoms with Crippen LogP contribution in [0.3, 0.4) is 0 Å². The molecule has 0 heterocycles. The molecule has 0 unspecified atom stereocenters. The van der Waals surface area contributed by atoms with Crippen LogP contribution in [0.15, 0.2) is 24.3 Å². The van der Waals surface area contributed by atoms with E-state index in [0.29, 0.717) is 0 Å². The van der Waals surface area contributed by atoms with Gasteiger partial charge in [0.1, 0.15) is 0 Å². The van der Waals surface area contributed by atoms with E-state index in [-0.39, 0.29) is 0 Å². The number of rotatable bonds is 7. The van der Waals surface area contributed by atoms with E-state index in [0.717, 1.165) is 32.0 Å². The first-order valence-electron chi connectivity index (χ1n) is 5.07. The smallest absolute Gasteiger partial charge is 0.0637 e.